The number of amides is 1. The van der Waals surface area contributed by atoms with Crippen LogP contribution in [0.3, 0.4) is 0 Å². The van der Waals surface area contributed by atoms with Crippen molar-refractivity contribution in [3.63, 3.8) is 0 Å². The van der Waals surface area contributed by atoms with Crippen molar-refractivity contribution < 1.29 is 9.90 Å². The van der Waals surface area contributed by atoms with Crippen molar-refractivity contribution in [3.8, 4) is 5.75 Å². The van der Waals surface area contributed by atoms with Crippen LogP contribution in [0, 0.1) is 0 Å². The minimum atomic E-state index is -0.264. The zero-order valence-corrected chi connectivity index (χ0v) is 10.0. The standard InChI is InChI=1S/C12H18N4O2/c13-11-7-10(15-16-11)12(18)14-6-5-8-1-3-9(17)4-2-8/h1-4,10-11,15-17H,5-7,13H2,(H,14,18). The van der Waals surface area contributed by atoms with Crippen LogP contribution < -0.4 is 21.9 Å². The second-order valence-corrected chi connectivity index (χ2v) is 4.39. The predicted octanol–water partition coefficient (Wildman–Crippen LogP) is -0.798. The van der Waals surface area contributed by atoms with E-state index in [2.05, 4.69) is 16.2 Å². The van der Waals surface area contributed by atoms with Crippen LogP contribution >= 0.6 is 0 Å². The number of phenolic OH excluding ortho intramolecular Hbond substituents is 1. The number of hydrogen-bond acceptors (Lipinski definition) is 5. The third-order valence-corrected chi connectivity index (χ3v) is 2.90. The molecule has 1 aliphatic rings. The third kappa shape index (κ3) is 3.43. The first-order valence-electron chi connectivity index (χ1n) is 5.97. The Morgan fingerprint density at radius 2 is 2.11 bits per heavy atom. The number of rotatable bonds is 4. The summed E-state index contributed by atoms with van der Waals surface area (Å²) >= 11 is 0. The molecule has 0 saturated carbocycles. The van der Waals surface area contributed by atoms with Gasteiger partial charge in [-0.3, -0.25) is 4.79 Å². The molecule has 2 atom stereocenters. The molecule has 0 bridgehead atoms. The number of benzene rings is 1. The van der Waals surface area contributed by atoms with E-state index in [0.717, 1.165) is 12.0 Å². The van der Waals surface area contributed by atoms with E-state index in [4.69, 9.17) is 10.8 Å². The van der Waals surface area contributed by atoms with Crippen LogP contribution in [0.4, 0.5) is 0 Å². The van der Waals surface area contributed by atoms with Crippen LogP contribution in [-0.4, -0.2) is 29.8 Å². The molecule has 6 heteroatoms. The first kappa shape index (κ1) is 12.8. The highest BCUT2D eigenvalue weighted by Crippen LogP contribution is 2.09. The molecule has 0 aromatic heterocycles. The van der Waals surface area contributed by atoms with Gasteiger partial charge < -0.3 is 16.2 Å². The van der Waals surface area contributed by atoms with Gasteiger partial charge in [0.15, 0.2) is 0 Å². The molecule has 0 aliphatic carbocycles. The summed E-state index contributed by atoms with van der Waals surface area (Å²) in [7, 11) is 0. The lowest BCUT2D eigenvalue weighted by atomic mass is 10.1. The number of nitrogens with one attached hydrogen (secondary N) is 3. The average Bonchev–Trinajstić information content (AvgIpc) is 2.78. The molecule has 1 amide bonds. The third-order valence-electron chi connectivity index (χ3n) is 2.90. The number of carbonyl (C=O) groups is 1. The molecular weight excluding hydrogens is 232 g/mol. The highest BCUT2D eigenvalue weighted by molar-refractivity contribution is 5.82. The van der Waals surface area contributed by atoms with Gasteiger partial charge in [-0.2, -0.15) is 0 Å². The Balaban J connectivity index is 1.72. The van der Waals surface area contributed by atoms with Gasteiger partial charge in [-0.05, 0) is 24.1 Å². The van der Waals surface area contributed by atoms with E-state index in [0.29, 0.717) is 13.0 Å². The molecule has 1 fully saturated rings. The minimum absolute atomic E-state index is 0.0470. The van der Waals surface area contributed by atoms with Crippen LogP contribution in [0.2, 0.25) is 0 Å². The van der Waals surface area contributed by atoms with E-state index in [-0.39, 0.29) is 23.9 Å². The maximum atomic E-state index is 11.7. The first-order valence-corrected chi connectivity index (χ1v) is 5.97. The number of nitrogens with two attached hydrogens (primary N) is 1. The molecule has 1 aliphatic heterocycles. The van der Waals surface area contributed by atoms with Crippen molar-refractivity contribution in [3.05, 3.63) is 29.8 Å². The number of phenols is 1. The first-order chi connectivity index (χ1) is 8.65. The van der Waals surface area contributed by atoms with E-state index in [9.17, 15) is 4.79 Å². The van der Waals surface area contributed by atoms with E-state index < -0.39 is 0 Å². The highest BCUT2D eigenvalue weighted by atomic mass is 16.3. The summed E-state index contributed by atoms with van der Waals surface area (Å²) in [6.45, 7) is 0.566. The molecule has 0 spiro atoms. The Kier molecular flexibility index (Phi) is 4.14. The smallest absolute Gasteiger partial charge is 0.238 e. The molecule has 6 N–H and O–H groups in total. The number of carbonyl (C=O) groups excluding carboxylic acids is 1. The van der Waals surface area contributed by atoms with Gasteiger partial charge in [-0.25, -0.2) is 10.9 Å². The van der Waals surface area contributed by atoms with Gasteiger partial charge >= 0.3 is 0 Å². The summed E-state index contributed by atoms with van der Waals surface area (Å²) in [4.78, 5) is 11.7. The number of hydrogen-bond donors (Lipinski definition) is 5. The van der Waals surface area contributed by atoms with Crippen LogP contribution in [0.25, 0.3) is 0 Å². The quantitative estimate of drug-likeness (QED) is 0.482. The van der Waals surface area contributed by atoms with Crippen molar-refractivity contribution in [1.29, 1.82) is 0 Å². The van der Waals surface area contributed by atoms with Crippen molar-refractivity contribution in [1.82, 2.24) is 16.2 Å². The highest BCUT2D eigenvalue weighted by Gasteiger charge is 2.26. The minimum Gasteiger partial charge on any atom is -0.508 e. The molecule has 6 nitrogen and oxygen atoms in total. The summed E-state index contributed by atoms with van der Waals surface area (Å²) in [6.07, 6.45) is 1.15. The predicted molar refractivity (Wildman–Crippen MR) is 67.5 cm³/mol. The zero-order valence-electron chi connectivity index (χ0n) is 10.0. The molecule has 0 radical (unpaired) electrons. The van der Waals surface area contributed by atoms with Crippen LogP contribution in [-0.2, 0) is 11.2 Å². The summed E-state index contributed by atoms with van der Waals surface area (Å²) in [5, 5.41) is 12.0. The Hall–Kier alpha value is -1.63. The van der Waals surface area contributed by atoms with Crippen molar-refractivity contribution in [2.75, 3.05) is 6.54 Å². The Morgan fingerprint density at radius 3 is 2.72 bits per heavy atom. The molecule has 2 unspecified atom stereocenters. The van der Waals surface area contributed by atoms with E-state index >= 15 is 0 Å². The zero-order chi connectivity index (χ0) is 13.0. The molecule has 1 aromatic rings. The fraction of sp³-hybridized carbons (Fsp3) is 0.417. The second-order valence-electron chi connectivity index (χ2n) is 4.39. The summed E-state index contributed by atoms with van der Waals surface area (Å²) in [5.74, 6) is 0.201. The SMILES string of the molecule is NC1CC(C(=O)NCCc2ccc(O)cc2)NN1. The van der Waals surface area contributed by atoms with Crippen LogP contribution in [0.15, 0.2) is 24.3 Å². The second kappa shape index (κ2) is 5.81. The topological polar surface area (TPSA) is 99.4 Å². The normalized spacial score (nSPS) is 22.9. The lowest BCUT2D eigenvalue weighted by Crippen LogP contribution is -2.44. The molecule has 1 aromatic carbocycles. The molecule has 1 saturated heterocycles. The summed E-state index contributed by atoms with van der Waals surface area (Å²) < 4.78 is 0. The van der Waals surface area contributed by atoms with Gasteiger partial charge in [-0.15, -0.1) is 0 Å². The molecule has 98 valence electrons. The maximum Gasteiger partial charge on any atom is 0.238 e. The molecule has 2 rings (SSSR count). The summed E-state index contributed by atoms with van der Waals surface area (Å²) in [6, 6.07) is 6.69. The molecule has 1 heterocycles. The van der Waals surface area contributed by atoms with E-state index in [1.165, 1.54) is 0 Å². The van der Waals surface area contributed by atoms with E-state index in [1.807, 2.05) is 12.1 Å². The summed E-state index contributed by atoms with van der Waals surface area (Å²) in [5.41, 5.74) is 12.3. The van der Waals surface area contributed by atoms with Crippen molar-refractivity contribution in [2.24, 2.45) is 5.73 Å². The lowest BCUT2D eigenvalue weighted by molar-refractivity contribution is -0.122. The average molecular weight is 250 g/mol. The van der Waals surface area contributed by atoms with Gasteiger partial charge in [0.2, 0.25) is 5.91 Å². The fourth-order valence-corrected chi connectivity index (χ4v) is 1.87. The fourth-order valence-electron chi connectivity index (χ4n) is 1.87. The Bertz CT molecular complexity index is 407. The largest absolute Gasteiger partial charge is 0.508 e. The van der Waals surface area contributed by atoms with Gasteiger partial charge in [-0.1, -0.05) is 12.1 Å². The van der Waals surface area contributed by atoms with Crippen LogP contribution in [0.1, 0.15) is 12.0 Å². The van der Waals surface area contributed by atoms with Crippen molar-refractivity contribution >= 4 is 5.91 Å². The van der Waals surface area contributed by atoms with Gasteiger partial charge in [0.05, 0.1) is 6.17 Å². The van der Waals surface area contributed by atoms with Gasteiger partial charge in [0.25, 0.3) is 0 Å². The number of hydrazine groups is 1. The lowest BCUT2D eigenvalue weighted by Gasteiger charge is -2.10. The van der Waals surface area contributed by atoms with E-state index in [1.54, 1.807) is 12.1 Å². The maximum absolute atomic E-state index is 11.7. The Morgan fingerprint density at radius 1 is 1.39 bits per heavy atom. The van der Waals surface area contributed by atoms with Gasteiger partial charge in [0.1, 0.15) is 11.8 Å². The molecule has 18 heavy (non-hydrogen) atoms. The number of aromatic hydroxyl groups is 1. The van der Waals surface area contributed by atoms with Gasteiger partial charge in [0, 0.05) is 13.0 Å². The monoisotopic (exact) mass is 250 g/mol. The van der Waals surface area contributed by atoms with Crippen LogP contribution in [0.5, 0.6) is 5.75 Å². The van der Waals surface area contributed by atoms with Crippen molar-refractivity contribution in [2.45, 2.75) is 25.0 Å². The molecular formula is C12H18N4O2. The Labute approximate surface area is 106 Å².